The molecular weight excluding hydrogens is 371 g/mol. The molecule has 0 aromatic carbocycles. The van der Waals surface area contributed by atoms with Crippen LogP contribution in [0.5, 0.6) is 0 Å². The van der Waals surface area contributed by atoms with Crippen LogP contribution in [0.15, 0.2) is 35.9 Å². The normalized spacial score (nSPS) is 15.1. The van der Waals surface area contributed by atoms with Crippen LogP contribution in [0.2, 0.25) is 0 Å². The summed E-state index contributed by atoms with van der Waals surface area (Å²) >= 11 is 0. The fraction of sp³-hybridized carbons (Fsp3) is 0.450. The van der Waals surface area contributed by atoms with Crippen molar-refractivity contribution in [1.29, 1.82) is 0 Å². The first-order valence-corrected chi connectivity index (χ1v) is 8.26. The molecule has 0 spiro atoms. The molecule has 3 nitrogen and oxygen atoms in total. The van der Waals surface area contributed by atoms with E-state index in [1.807, 2.05) is 19.3 Å². The number of allylic oxidation sites excluding steroid dienone is 3. The maximum absolute atomic E-state index is 4.32. The average Bonchev–Trinajstić information content (AvgIpc) is 2.95. The van der Waals surface area contributed by atoms with Crippen molar-refractivity contribution in [3.63, 3.8) is 0 Å². The zero-order chi connectivity index (χ0) is 17.0. The van der Waals surface area contributed by atoms with E-state index in [1.165, 1.54) is 22.5 Å². The van der Waals surface area contributed by atoms with Crippen LogP contribution in [0.1, 0.15) is 64.3 Å². The number of hydrogen-bond donors (Lipinski definition) is 2. The summed E-state index contributed by atoms with van der Waals surface area (Å²) in [6.45, 7) is 13.0. The number of nitrogens with zero attached hydrogens (tertiary/aromatic N) is 1. The zero-order valence-electron chi connectivity index (χ0n) is 15.7. The Morgan fingerprint density at radius 3 is 2.50 bits per heavy atom. The Bertz CT molecular complexity index is 649. The molecule has 2 N–H and O–H groups in total. The number of fused-ring (bicyclic) bond motifs is 1. The van der Waals surface area contributed by atoms with Crippen LogP contribution in [-0.4, -0.2) is 4.98 Å². The Morgan fingerprint density at radius 1 is 1.25 bits per heavy atom. The Morgan fingerprint density at radius 2 is 1.96 bits per heavy atom. The minimum atomic E-state index is 0. The van der Waals surface area contributed by atoms with Gasteiger partial charge in [-0.25, -0.2) is 0 Å². The monoisotopic (exact) mass is 399 g/mol. The van der Waals surface area contributed by atoms with E-state index in [4.69, 9.17) is 0 Å². The Balaban J connectivity index is 0.000000232. The second-order valence-corrected chi connectivity index (χ2v) is 7.35. The van der Waals surface area contributed by atoms with Gasteiger partial charge in [0.2, 0.25) is 0 Å². The number of rotatable bonds is 1. The van der Waals surface area contributed by atoms with Crippen LogP contribution >= 0.6 is 0 Å². The molecule has 2 aliphatic rings. The molecule has 1 aromatic rings. The van der Waals surface area contributed by atoms with E-state index in [0.29, 0.717) is 5.92 Å². The molecule has 1 aliphatic heterocycles. The molecule has 0 unspecified atom stereocenters. The number of pyridine rings is 1. The summed E-state index contributed by atoms with van der Waals surface area (Å²) in [6.07, 6.45) is 12.2. The molecule has 0 atom stereocenters. The van der Waals surface area contributed by atoms with Gasteiger partial charge >= 0.3 is 0 Å². The Hall–Kier alpha value is -0.926. The topological polar surface area (TPSA) is 37.0 Å². The van der Waals surface area contributed by atoms with Crippen molar-refractivity contribution >= 4 is 6.08 Å². The van der Waals surface area contributed by atoms with Gasteiger partial charge in [-0.05, 0) is 53.6 Å². The summed E-state index contributed by atoms with van der Waals surface area (Å²) in [4.78, 5) is 4.32. The van der Waals surface area contributed by atoms with Crippen molar-refractivity contribution in [3.8, 4) is 0 Å². The Kier molecular flexibility index (Phi) is 7.89. The summed E-state index contributed by atoms with van der Waals surface area (Å²) in [5, 5.41) is 6.24. The molecule has 0 saturated carbocycles. The third-order valence-corrected chi connectivity index (χ3v) is 3.95. The van der Waals surface area contributed by atoms with Crippen molar-refractivity contribution in [2.75, 3.05) is 0 Å². The van der Waals surface area contributed by atoms with Crippen molar-refractivity contribution in [2.45, 2.75) is 53.9 Å². The van der Waals surface area contributed by atoms with Crippen LogP contribution in [-0.2, 0) is 39.1 Å². The third-order valence-electron chi connectivity index (χ3n) is 3.95. The smallest absolute Gasteiger partial charge is 0.0664 e. The van der Waals surface area contributed by atoms with Crippen LogP contribution in [0.4, 0.5) is 0 Å². The van der Waals surface area contributed by atoms with Crippen LogP contribution < -0.4 is 10.6 Å². The first-order valence-electron chi connectivity index (χ1n) is 8.26. The molecule has 4 heteroatoms. The van der Waals surface area contributed by atoms with E-state index in [1.54, 1.807) is 0 Å². The molecule has 2 heterocycles. The van der Waals surface area contributed by atoms with Crippen molar-refractivity contribution in [3.05, 3.63) is 59.0 Å². The van der Waals surface area contributed by atoms with E-state index < -0.39 is 0 Å². The van der Waals surface area contributed by atoms with Gasteiger partial charge in [0.25, 0.3) is 0 Å². The maximum Gasteiger partial charge on any atom is 0.0664 e. The summed E-state index contributed by atoms with van der Waals surface area (Å²) in [5.41, 5.74) is 6.46. The standard InChI is InChI=1S/C11H13N.C9H15N2.Y/c1-8(2)9-6-7-12-11-5-3-4-10(9)11;1-7-5-10-6-8(11-7)9(2,3)4;/h3,5-8H,4H2,1-2H3;6,10-11H,1-4H3;/q;-1;. The fourth-order valence-corrected chi connectivity index (χ4v) is 2.61. The largest absolute Gasteiger partial charge is 0.527 e. The van der Waals surface area contributed by atoms with Gasteiger partial charge in [0.05, 0.1) is 5.69 Å². The van der Waals surface area contributed by atoms with Gasteiger partial charge in [0, 0.05) is 38.9 Å². The zero-order valence-corrected chi connectivity index (χ0v) is 18.5. The predicted octanol–water partition coefficient (Wildman–Crippen LogP) is 4.50. The molecule has 0 saturated heterocycles. The van der Waals surface area contributed by atoms with Crippen LogP contribution in [0.25, 0.3) is 6.08 Å². The summed E-state index contributed by atoms with van der Waals surface area (Å²) in [6, 6.07) is 2.14. The summed E-state index contributed by atoms with van der Waals surface area (Å²) < 4.78 is 0. The van der Waals surface area contributed by atoms with Crippen molar-refractivity contribution in [2.24, 2.45) is 5.41 Å². The predicted molar refractivity (Wildman–Crippen MR) is 97.3 cm³/mol. The number of hydrogen-bond acceptors (Lipinski definition) is 3. The molecule has 1 radical (unpaired) electrons. The van der Waals surface area contributed by atoms with Crippen molar-refractivity contribution < 1.29 is 32.7 Å². The molecular formula is C20H28N3Y-. The van der Waals surface area contributed by atoms with Gasteiger partial charge in [-0.1, -0.05) is 46.4 Å². The molecule has 1 aromatic heterocycles. The number of aromatic nitrogens is 1. The number of nitrogens with one attached hydrogen (secondary N) is 2. The van der Waals surface area contributed by atoms with Crippen LogP contribution in [0, 0.1) is 11.6 Å². The van der Waals surface area contributed by atoms with E-state index in [9.17, 15) is 0 Å². The quantitative estimate of drug-likeness (QED) is 0.683. The van der Waals surface area contributed by atoms with Gasteiger partial charge in [-0.3, -0.25) is 4.98 Å². The van der Waals surface area contributed by atoms with Crippen LogP contribution in [0.3, 0.4) is 0 Å². The van der Waals surface area contributed by atoms with Gasteiger partial charge in [0.1, 0.15) is 0 Å². The molecule has 0 bridgehead atoms. The molecule has 127 valence electrons. The SMILES string of the molecule is CC(C)c1ccnc2c1CC=C2.CC1=[C-]NC=C(C(C)(C)C)N1.[Y]. The molecule has 0 fully saturated rings. The molecule has 0 amide bonds. The minimum absolute atomic E-state index is 0. The second kappa shape index (κ2) is 8.96. The molecule has 24 heavy (non-hydrogen) atoms. The fourth-order valence-electron chi connectivity index (χ4n) is 2.61. The van der Waals surface area contributed by atoms with Gasteiger partial charge in [-0.15, -0.1) is 6.20 Å². The minimum Gasteiger partial charge on any atom is -0.527 e. The van der Waals surface area contributed by atoms with E-state index >= 15 is 0 Å². The summed E-state index contributed by atoms with van der Waals surface area (Å²) in [5.74, 6) is 0.613. The summed E-state index contributed by atoms with van der Waals surface area (Å²) in [7, 11) is 0. The average molecular weight is 399 g/mol. The van der Waals surface area contributed by atoms with Gasteiger partial charge in [0.15, 0.2) is 0 Å². The third kappa shape index (κ3) is 5.56. The van der Waals surface area contributed by atoms with E-state index in [-0.39, 0.29) is 38.1 Å². The van der Waals surface area contributed by atoms with Gasteiger partial charge in [-0.2, -0.15) is 6.20 Å². The van der Waals surface area contributed by atoms with Crippen molar-refractivity contribution in [1.82, 2.24) is 15.6 Å². The second-order valence-electron chi connectivity index (χ2n) is 7.35. The van der Waals surface area contributed by atoms with Gasteiger partial charge < -0.3 is 10.6 Å². The first-order chi connectivity index (χ1) is 10.8. The maximum atomic E-state index is 4.32. The molecule has 1 aliphatic carbocycles. The Labute approximate surface area is 172 Å². The first kappa shape index (κ1) is 21.1. The molecule has 3 rings (SSSR count). The van der Waals surface area contributed by atoms with E-state index in [2.05, 4.69) is 74.7 Å². The van der Waals surface area contributed by atoms with E-state index in [0.717, 1.165) is 12.1 Å².